The first-order valence-electron chi connectivity index (χ1n) is 6.59. The third-order valence-electron chi connectivity index (χ3n) is 4.25. The lowest BCUT2D eigenvalue weighted by atomic mass is 9.83. The van der Waals surface area contributed by atoms with Crippen molar-refractivity contribution < 1.29 is 9.53 Å². The monoisotopic (exact) mass is 233 g/mol. The zero-order valence-corrected chi connectivity index (χ0v) is 10.3. The average Bonchev–Trinajstić information content (AvgIpc) is 2.39. The van der Waals surface area contributed by atoms with Gasteiger partial charge in [0.2, 0.25) is 0 Å². The van der Waals surface area contributed by atoms with Crippen LogP contribution in [0.3, 0.4) is 0 Å². The van der Waals surface area contributed by atoms with Crippen LogP contribution in [-0.4, -0.2) is 30.1 Å². The van der Waals surface area contributed by atoms with Crippen LogP contribution in [0.5, 0.6) is 0 Å². The number of esters is 1. The Bertz CT molecular complexity index is 395. The van der Waals surface area contributed by atoms with Crippen LogP contribution in [0.25, 0.3) is 0 Å². The molecule has 92 valence electrons. The van der Waals surface area contributed by atoms with Crippen molar-refractivity contribution in [3.8, 4) is 0 Å². The van der Waals surface area contributed by atoms with E-state index in [1.54, 1.807) is 0 Å². The summed E-state index contributed by atoms with van der Waals surface area (Å²) >= 11 is 0. The van der Waals surface area contributed by atoms with Gasteiger partial charge in [0.1, 0.15) is 0 Å². The number of hydrogen-bond donors (Lipinski definition) is 0. The van der Waals surface area contributed by atoms with Crippen molar-refractivity contribution in [2.75, 3.05) is 7.11 Å². The Balaban J connectivity index is 1.99. The number of ether oxygens (including phenoxy) is 1. The molecule has 2 unspecified atom stereocenters. The van der Waals surface area contributed by atoms with Gasteiger partial charge in [-0.2, -0.15) is 0 Å². The fourth-order valence-electron chi connectivity index (χ4n) is 3.51. The summed E-state index contributed by atoms with van der Waals surface area (Å²) in [7, 11) is 1.46. The Hall–Kier alpha value is -1.25. The van der Waals surface area contributed by atoms with Crippen LogP contribution in [0, 0.1) is 0 Å². The van der Waals surface area contributed by atoms with E-state index in [2.05, 4.69) is 11.0 Å². The predicted octanol–water partition coefficient (Wildman–Crippen LogP) is 2.39. The number of carbonyl (C=O) groups is 1. The van der Waals surface area contributed by atoms with E-state index in [0.717, 1.165) is 12.0 Å². The van der Waals surface area contributed by atoms with Crippen molar-refractivity contribution in [3.63, 3.8) is 0 Å². The molecule has 0 aromatic heterocycles. The zero-order valence-electron chi connectivity index (χ0n) is 10.3. The van der Waals surface area contributed by atoms with Crippen LogP contribution in [0.1, 0.15) is 38.5 Å². The van der Waals surface area contributed by atoms with Gasteiger partial charge < -0.3 is 9.64 Å². The van der Waals surface area contributed by atoms with Crippen molar-refractivity contribution in [2.24, 2.45) is 0 Å². The van der Waals surface area contributed by atoms with E-state index >= 15 is 0 Å². The first kappa shape index (κ1) is 10.9. The van der Waals surface area contributed by atoms with Gasteiger partial charge in [0, 0.05) is 17.8 Å². The fraction of sp³-hybridized carbons (Fsp3) is 0.643. The van der Waals surface area contributed by atoms with Crippen molar-refractivity contribution in [1.82, 2.24) is 4.90 Å². The van der Waals surface area contributed by atoms with Gasteiger partial charge in [-0.15, -0.1) is 0 Å². The van der Waals surface area contributed by atoms with Gasteiger partial charge in [-0.1, -0.05) is 6.08 Å². The SMILES string of the molecule is COC(=O)C1=C2CCCC3CCCC(C=C1)N23. The van der Waals surface area contributed by atoms with Crippen LogP contribution in [-0.2, 0) is 9.53 Å². The molecule has 3 aliphatic rings. The molecular weight excluding hydrogens is 214 g/mol. The predicted molar refractivity (Wildman–Crippen MR) is 65.3 cm³/mol. The summed E-state index contributed by atoms with van der Waals surface area (Å²) in [6.45, 7) is 0. The van der Waals surface area contributed by atoms with Crippen LogP contribution in [0.4, 0.5) is 0 Å². The van der Waals surface area contributed by atoms with Crippen LogP contribution < -0.4 is 0 Å². The van der Waals surface area contributed by atoms with Gasteiger partial charge >= 0.3 is 5.97 Å². The van der Waals surface area contributed by atoms with E-state index in [-0.39, 0.29) is 5.97 Å². The maximum absolute atomic E-state index is 11.8. The normalized spacial score (nSPS) is 31.2. The van der Waals surface area contributed by atoms with Crippen LogP contribution in [0.2, 0.25) is 0 Å². The molecule has 3 heterocycles. The Morgan fingerprint density at radius 1 is 1.35 bits per heavy atom. The van der Waals surface area contributed by atoms with Crippen LogP contribution in [0.15, 0.2) is 23.4 Å². The first-order chi connectivity index (χ1) is 8.31. The third-order valence-corrected chi connectivity index (χ3v) is 4.25. The summed E-state index contributed by atoms with van der Waals surface area (Å²) in [5.74, 6) is -0.180. The van der Waals surface area contributed by atoms with Gasteiger partial charge in [-0.05, 0) is 44.6 Å². The molecule has 0 N–H and O–H groups in total. The number of carbonyl (C=O) groups excluding carboxylic acids is 1. The molecule has 0 aromatic carbocycles. The molecule has 2 saturated heterocycles. The quantitative estimate of drug-likeness (QED) is 0.651. The topological polar surface area (TPSA) is 29.5 Å². The van der Waals surface area contributed by atoms with E-state index in [4.69, 9.17) is 4.74 Å². The Morgan fingerprint density at radius 3 is 3.00 bits per heavy atom. The second-order valence-corrected chi connectivity index (χ2v) is 5.16. The van der Waals surface area contributed by atoms with Crippen molar-refractivity contribution >= 4 is 5.97 Å². The molecule has 3 aliphatic heterocycles. The van der Waals surface area contributed by atoms with E-state index in [1.165, 1.54) is 44.9 Å². The summed E-state index contributed by atoms with van der Waals surface area (Å²) < 4.78 is 4.89. The molecule has 0 amide bonds. The molecule has 0 spiro atoms. The highest BCUT2D eigenvalue weighted by atomic mass is 16.5. The molecule has 2 fully saturated rings. The highest BCUT2D eigenvalue weighted by Crippen LogP contribution is 2.40. The van der Waals surface area contributed by atoms with Crippen molar-refractivity contribution in [1.29, 1.82) is 0 Å². The summed E-state index contributed by atoms with van der Waals surface area (Å²) in [4.78, 5) is 14.3. The number of allylic oxidation sites excluding steroid dienone is 1. The lowest BCUT2D eigenvalue weighted by molar-refractivity contribution is -0.136. The highest BCUT2D eigenvalue weighted by molar-refractivity contribution is 5.92. The minimum absolute atomic E-state index is 0.180. The number of hydrogen-bond acceptors (Lipinski definition) is 3. The molecular formula is C14H19NO2. The first-order valence-corrected chi connectivity index (χ1v) is 6.59. The molecule has 2 atom stereocenters. The van der Waals surface area contributed by atoms with E-state index in [9.17, 15) is 4.79 Å². The molecule has 0 aliphatic carbocycles. The lowest BCUT2D eigenvalue weighted by Gasteiger charge is -2.49. The second-order valence-electron chi connectivity index (χ2n) is 5.16. The number of nitrogens with zero attached hydrogens (tertiary/aromatic N) is 1. The Morgan fingerprint density at radius 2 is 2.18 bits per heavy atom. The third kappa shape index (κ3) is 1.68. The average molecular weight is 233 g/mol. The maximum Gasteiger partial charge on any atom is 0.339 e. The minimum Gasteiger partial charge on any atom is -0.465 e. The summed E-state index contributed by atoms with van der Waals surface area (Å²) in [5, 5.41) is 0. The fourth-order valence-corrected chi connectivity index (χ4v) is 3.51. The molecule has 3 nitrogen and oxygen atoms in total. The number of rotatable bonds is 1. The smallest absolute Gasteiger partial charge is 0.339 e. The van der Waals surface area contributed by atoms with Gasteiger partial charge in [-0.25, -0.2) is 4.79 Å². The molecule has 0 radical (unpaired) electrons. The number of piperidine rings is 2. The molecule has 0 aromatic rings. The number of methoxy groups -OCH3 is 1. The largest absolute Gasteiger partial charge is 0.465 e. The molecule has 17 heavy (non-hydrogen) atoms. The molecule has 0 bridgehead atoms. The van der Waals surface area contributed by atoms with Gasteiger partial charge in [-0.3, -0.25) is 0 Å². The highest BCUT2D eigenvalue weighted by Gasteiger charge is 2.37. The van der Waals surface area contributed by atoms with Gasteiger partial charge in [0.25, 0.3) is 0 Å². The van der Waals surface area contributed by atoms with Crippen LogP contribution >= 0.6 is 0 Å². The summed E-state index contributed by atoms with van der Waals surface area (Å²) in [6.07, 6.45) is 11.5. The van der Waals surface area contributed by atoms with E-state index in [1.807, 2.05) is 6.08 Å². The standard InChI is InChI=1S/C14H19NO2/c1-17-14(16)12-9-8-11-5-2-4-10-6-3-7-13(12)15(10)11/h8-11H,2-7H2,1H3. The summed E-state index contributed by atoms with van der Waals surface area (Å²) in [5.41, 5.74) is 2.02. The summed E-state index contributed by atoms with van der Waals surface area (Å²) in [6, 6.07) is 1.18. The molecule has 3 heteroatoms. The lowest BCUT2D eigenvalue weighted by Crippen LogP contribution is -2.49. The Kier molecular flexibility index (Phi) is 2.69. The van der Waals surface area contributed by atoms with E-state index in [0.29, 0.717) is 12.1 Å². The molecule has 3 rings (SSSR count). The van der Waals surface area contributed by atoms with Crippen molar-refractivity contribution in [3.05, 3.63) is 23.4 Å². The minimum atomic E-state index is -0.180. The van der Waals surface area contributed by atoms with Gasteiger partial charge in [0.05, 0.1) is 12.7 Å². The van der Waals surface area contributed by atoms with Gasteiger partial charge in [0.15, 0.2) is 0 Å². The molecule has 0 saturated carbocycles. The van der Waals surface area contributed by atoms with E-state index < -0.39 is 0 Å². The second kappa shape index (κ2) is 4.21. The zero-order chi connectivity index (χ0) is 11.8. The Labute approximate surface area is 102 Å². The maximum atomic E-state index is 11.8. The van der Waals surface area contributed by atoms with Crippen molar-refractivity contribution in [2.45, 2.75) is 50.6 Å².